The lowest BCUT2D eigenvalue weighted by Gasteiger charge is -2.12. The molecule has 0 saturated heterocycles. The van der Waals surface area contributed by atoms with Crippen LogP contribution in [0, 0.1) is 5.92 Å². The highest BCUT2D eigenvalue weighted by molar-refractivity contribution is 7.10. The Hall–Kier alpha value is -0.870. The lowest BCUT2D eigenvalue weighted by molar-refractivity contribution is 0.100. The molecule has 0 spiro atoms. The third kappa shape index (κ3) is 3.94. The summed E-state index contributed by atoms with van der Waals surface area (Å²) in [5, 5.41) is 5.23. The molecule has 3 N–H and O–H groups in total. The molecule has 4 heteroatoms. The van der Waals surface area contributed by atoms with E-state index in [1.54, 1.807) is 11.3 Å². The molecule has 0 radical (unpaired) electrons. The van der Waals surface area contributed by atoms with Gasteiger partial charge in [-0.15, -0.1) is 11.3 Å². The standard InChI is InChI=1S/C12H20N2OS/c1-3-9(4-2)6-14-7-11-5-10(8-16-11)12(13)15/h5,8-9,14H,3-4,6-7H2,1-2H3,(H2,13,15). The molecule has 1 rings (SSSR count). The maximum Gasteiger partial charge on any atom is 0.249 e. The highest BCUT2D eigenvalue weighted by Gasteiger charge is 2.06. The smallest absolute Gasteiger partial charge is 0.249 e. The molecule has 1 aromatic heterocycles. The van der Waals surface area contributed by atoms with Crippen LogP contribution < -0.4 is 11.1 Å². The third-order valence-corrected chi connectivity index (χ3v) is 3.76. The zero-order chi connectivity index (χ0) is 12.0. The molecule has 0 aromatic carbocycles. The maximum atomic E-state index is 10.9. The topological polar surface area (TPSA) is 55.1 Å². The number of rotatable bonds is 7. The molecular weight excluding hydrogens is 220 g/mol. The molecule has 0 aliphatic rings. The fraction of sp³-hybridized carbons (Fsp3) is 0.583. The summed E-state index contributed by atoms with van der Waals surface area (Å²) in [4.78, 5) is 12.1. The first-order chi connectivity index (χ1) is 7.67. The van der Waals surface area contributed by atoms with E-state index in [9.17, 15) is 4.79 Å². The number of nitrogens with one attached hydrogen (secondary N) is 1. The summed E-state index contributed by atoms with van der Waals surface area (Å²) in [7, 11) is 0. The van der Waals surface area contributed by atoms with Gasteiger partial charge in [0.2, 0.25) is 5.91 Å². The number of hydrogen-bond acceptors (Lipinski definition) is 3. The van der Waals surface area contributed by atoms with Gasteiger partial charge in [-0.2, -0.15) is 0 Å². The number of nitrogens with two attached hydrogens (primary N) is 1. The maximum absolute atomic E-state index is 10.9. The third-order valence-electron chi connectivity index (χ3n) is 2.83. The SMILES string of the molecule is CCC(CC)CNCc1cc(C(N)=O)cs1. The van der Waals surface area contributed by atoms with E-state index >= 15 is 0 Å². The molecule has 0 bridgehead atoms. The number of hydrogen-bond donors (Lipinski definition) is 2. The summed E-state index contributed by atoms with van der Waals surface area (Å²) in [6, 6.07) is 1.87. The van der Waals surface area contributed by atoms with Crippen molar-refractivity contribution in [3.63, 3.8) is 0 Å². The lowest BCUT2D eigenvalue weighted by atomic mass is 10.0. The van der Waals surface area contributed by atoms with Gasteiger partial charge < -0.3 is 11.1 Å². The minimum absolute atomic E-state index is 0.345. The molecule has 0 aliphatic carbocycles. The predicted octanol–water partition coefficient (Wildman–Crippen LogP) is 2.37. The second kappa shape index (κ2) is 6.66. The summed E-state index contributed by atoms with van der Waals surface area (Å²) in [5.74, 6) is 0.401. The van der Waals surface area contributed by atoms with Crippen LogP contribution in [0.25, 0.3) is 0 Å². The molecule has 0 saturated carbocycles. The van der Waals surface area contributed by atoms with Gasteiger partial charge in [-0.05, 0) is 18.5 Å². The van der Waals surface area contributed by atoms with Crippen LogP contribution in [0.1, 0.15) is 41.9 Å². The van der Waals surface area contributed by atoms with Crippen LogP contribution >= 0.6 is 11.3 Å². The summed E-state index contributed by atoms with van der Waals surface area (Å²) in [6.45, 7) is 6.30. The predicted molar refractivity (Wildman–Crippen MR) is 68.6 cm³/mol. The van der Waals surface area contributed by atoms with Crippen molar-refractivity contribution in [2.75, 3.05) is 6.54 Å². The fourth-order valence-electron chi connectivity index (χ4n) is 1.58. The highest BCUT2D eigenvalue weighted by atomic mass is 32.1. The average molecular weight is 240 g/mol. The van der Waals surface area contributed by atoms with E-state index in [4.69, 9.17) is 5.73 Å². The molecule has 0 aliphatic heterocycles. The van der Waals surface area contributed by atoms with Gasteiger partial charge in [-0.25, -0.2) is 0 Å². The number of primary amides is 1. The van der Waals surface area contributed by atoms with Crippen LogP contribution in [0.5, 0.6) is 0 Å². The van der Waals surface area contributed by atoms with Gasteiger partial charge in [0, 0.05) is 16.8 Å². The monoisotopic (exact) mass is 240 g/mol. The van der Waals surface area contributed by atoms with E-state index in [0.29, 0.717) is 5.56 Å². The van der Waals surface area contributed by atoms with Crippen LogP contribution in [0.2, 0.25) is 0 Å². The molecule has 0 unspecified atom stereocenters. The van der Waals surface area contributed by atoms with E-state index in [0.717, 1.165) is 19.0 Å². The lowest BCUT2D eigenvalue weighted by Crippen LogP contribution is -2.21. The Morgan fingerprint density at radius 1 is 1.50 bits per heavy atom. The first-order valence-electron chi connectivity index (χ1n) is 5.75. The van der Waals surface area contributed by atoms with Gasteiger partial charge >= 0.3 is 0 Å². The van der Waals surface area contributed by atoms with E-state index < -0.39 is 0 Å². The summed E-state index contributed by atoms with van der Waals surface area (Å²) >= 11 is 1.58. The molecule has 0 atom stereocenters. The van der Waals surface area contributed by atoms with Crippen LogP contribution in [0.4, 0.5) is 0 Å². The number of carbonyl (C=O) groups is 1. The van der Waals surface area contributed by atoms with Crippen molar-refractivity contribution in [2.24, 2.45) is 11.7 Å². The fourth-order valence-corrected chi connectivity index (χ4v) is 2.42. The largest absolute Gasteiger partial charge is 0.366 e. The summed E-state index contributed by atoms with van der Waals surface area (Å²) in [5.41, 5.74) is 5.81. The number of thiophene rings is 1. The molecule has 1 amide bonds. The quantitative estimate of drug-likeness (QED) is 0.769. The Morgan fingerprint density at radius 3 is 2.69 bits per heavy atom. The van der Waals surface area contributed by atoms with Crippen molar-refractivity contribution in [2.45, 2.75) is 33.2 Å². The Morgan fingerprint density at radius 2 is 2.19 bits per heavy atom. The minimum Gasteiger partial charge on any atom is -0.366 e. The molecule has 1 aromatic rings. The minimum atomic E-state index is -0.345. The molecule has 90 valence electrons. The highest BCUT2D eigenvalue weighted by Crippen LogP contribution is 2.14. The Bertz CT molecular complexity index is 332. The van der Waals surface area contributed by atoms with E-state index in [1.165, 1.54) is 17.7 Å². The van der Waals surface area contributed by atoms with Crippen molar-refractivity contribution in [3.8, 4) is 0 Å². The Balaban J connectivity index is 2.34. The van der Waals surface area contributed by atoms with Gasteiger partial charge in [0.05, 0.1) is 5.56 Å². The van der Waals surface area contributed by atoms with Crippen molar-refractivity contribution in [1.82, 2.24) is 5.32 Å². The second-order valence-corrected chi connectivity index (χ2v) is 4.98. The van der Waals surface area contributed by atoms with Crippen LogP contribution in [-0.2, 0) is 6.54 Å². The average Bonchev–Trinajstić information content (AvgIpc) is 2.73. The summed E-state index contributed by atoms with van der Waals surface area (Å²) < 4.78 is 0. The van der Waals surface area contributed by atoms with Gasteiger partial charge in [-0.1, -0.05) is 26.7 Å². The molecule has 0 fully saturated rings. The molecule has 1 heterocycles. The normalized spacial score (nSPS) is 10.9. The number of amides is 1. The first kappa shape index (κ1) is 13.2. The van der Waals surface area contributed by atoms with Crippen molar-refractivity contribution in [1.29, 1.82) is 0 Å². The zero-order valence-corrected chi connectivity index (χ0v) is 10.8. The van der Waals surface area contributed by atoms with E-state index in [1.807, 2.05) is 11.4 Å². The molecule has 3 nitrogen and oxygen atoms in total. The second-order valence-electron chi connectivity index (χ2n) is 3.98. The summed E-state index contributed by atoms with van der Waals surface area (Å²) in [6.07, 6.45) is 2.42. The van der Waals surface area contributed by atoms with Crippen LogP contribution in [-0.4, -0.2) is 12.5 Å². The van der Waals surface area contributed by atoms with E-state index in [-0.39, 0.29) is 5.91 Å². The van der Waals surface area contributed by atoms with Gasteiger partial charge in [0.15, 0.2) is 0 Å². The Labute approximate surface area is 101 Å². The zero-order valence-electron chi connectivity index (χ0n) is 9.95. The van der Waals surface area contributed by atoms with Crippen LogP contribution in [0.15, 0.2) is 11.4 Å². The number of carbonyl (C=O) groups excluding carboxylic acids is 1. The first-order valence-corrected chi connectivity index (χ1v) is 6.63. The van der Waals surface area contributed by atoms with E-state index in [2.05, 4.69) is 19.2 Å². The van der Waals surface area contributed by atoms with Crippen LogP contribution in [0.3, 0.4) is 0 Å². The molecule has 16 heavy (non-hydrogen) atoms. The van der Waals surface area contributed by atoms with Crippen molar-refractivity contribution in [3.05, 3.63) is 21.9 Å². The van der Waals surface area contributed by atoms with Gasteiger partial charge in [0.25, 0.3) is 0 Å². The van der Waals surface area contributed by atoms with Gasteiger partial charge in [0.1, 0.15) is 0 Å². The van der Waals surface area contributed by atoms with Crippen molar-refractivity contribution >= 4 is 17.2 Å². The van der Waals surface area contributed by atoms with Gasteiger partial charge in [-0.3, -0.25) is 4.79 Å². The molecular formula is C12H20N2OS. The van der Waals surface area contributed by atoms with Crippen molar-refractivity contribution < 1.29 is 4.79 Å². The Kier molecular flexibility index (Phi) is 5.49.